The molecular formula is C16H9BrCl2N4. The van der Waals surface area contributed by atoms with Crippen LogP contribution < -0.4 is 5.73 Å². The number of nitriles is 1. The highest BCUT2D eigenvalue weighted by molar-refractivity contribution is 9.10. The predicted octanol–water partition coefficient (Wildman–Crippen LogP) is 5.06. The number of nitrogens with two attached hydrogens (primary N) is 1. The highest BCUT2D eigenvalue weighted by atomic mass is 79.9. The van der Waals surface area contributed by atoms with Crippen LogP contribution in [0.5, 0.6) is 0 Å². The quantitative estimate of drug-likeness (QED) is 0.645. The molecular weight excluding hydrogens is 399 g/mol. The third-order valence-corrected chi connectivity index (χ3v) is 4.31. The normalized spacial score (nSPS) is 10.5. The molecule has 1 heterocycles. The van der Waals surface area contributed by atoms with Gasteiger partial charge in [0.2, 0.25) is 0 Å². The van der Waals surface area contributed by atoms with Crippen molar-refractivity contribution in [2.75, 3.05) is 5.73 Å². The summed E-state index contributed by atoms with van der Waals surface area (Å²) in [4.78, 5) is 0. The molecule has 0 atom stereocenters. The van der Waals surface area contributed by atoms with Crippen LogP contribution in [0.4, 0.5) is 5.82 Å². The molecule has 3 rings (SSSR count). The number of halogens is 3. The van der Waals surface area contributed by atoms with Gasteiger partial charge in [0, 0.05) is 15.1 Å². The average Bonchev–Trinajstić information content (AvgIpc) is 2.84. The van der Waals surface area contributed by atoms with Crippen molar-refractivity contribution in [2.45, 2.75) is 0 Å². The Morgan fingerprint density at radius 3 is 2.61 bits per heavy atom. The third-order valence-electron chi connectivity index (χ3n) is 3.27. The molecule has 0 spiro atoms. The first-order valence-electron chi connectivity index (χ1n) is 6.51. The number of hydrogen-bond acceptors (Lipinski definition) is 3. The van der Waals surface area contributed by atoms with E-state index in [4.69, 9.17) is 28.9 Å². The van der Waals surface area contributed by atoms with Crippen molar-refractivity contribution in [1.82, 2.24) is 9.78 Å². The van der Waals surface area contributed by atoms with Crippen LogP contribution in [0.1, 0.15) is 5.56 Å². The van der Waals surface area contributed by atoms with Crippen LogP contribution in [-0.4, -0.2) is 9.78 Å². The Labute approximate surface area is 151 Å². The molecule has 0 radical (unpaired) electrons. The lowest BCUT2D eigenvalue weighted by molar-refractivity contribution is 0.894. The molecule has 114 valence electrons. The van der Waals surface area contributed by atoms with Gasteiger partial charge < -0.3 is 5.73 Å². The van der Waals surface area contributed by atoms with Crippen LogP contribution in [0, 0.1) is 11.3 Å². The summed E-state index contributed by atoms with van der Waals surface area (Å²) in [6.45, 7) is 0. The summed E-state index contributed by atoms with van der Waals surface area (Å²) in [5.41, 5.74) is 8.15. The molecule has 0 bridgehead atoms. The second-order valence-electron chi connectivity index (χ2n) is 4.74. The van der Waals surface area contributed by atoms with Crippen molar-refractivity contribution < 1.29 is 0 Å². The fourth-order valence-electron chi connectivity index (χ4n) is 2.22. The third kappa shape index (κ3) is 2.93. The standard InChI is InChI=1S/C16H9BrCl2N4/c17-9-2-1-3-11(6-9)23-16(21)13(8-20)15(22-23)12-5-4-10(18)7-14(12)19/h1-7H,21H2. The van der Waals surface area contributed by atoms with Gasteiger partial charge in [-0.05, 0) is 36.4 Å². The Kier molecular flexibility index (Phi) is 4.31. The number of aromatic nitrogens is 2. The van der Waals surface area contributed by atoms with Crippen LogP contribution in [-0.2, 0) is 0 Å². The molecule has 4 nitrogen and oxygen atoms in total. The fourth-order valence-corrected chi connectivity index (χ4v) is 3.10. The molecule has 0 fully saturated rings. The second-order valence-corrected chi connectivity index (χ2v) is 6.50. The molecule has 23 heavy (non-hydrogen) atoms. The van der Waals surface area contributed by atoms with Gasteiger partial charge >= 0.3 is 0 Å². The van der Waals surface area contributed by atoms with Crippen molar-refractivity contribution in [2.24, 2.45) is 0 Å². The highest BCUT2D eigenvalue weighted by Gasteiger charge is 2.20. The topological polar surface area (TPSA) is 67.6 Å². The molecule has 0 saturated heterocycles. The molecule has 0 saturated carbocycles. The largest absolute Gasteiger partial charge is 0.382 e. The minimum atomic E-state index is 0.256. The lowest BCUT2D eigenvalue weighted by Gasteiger charge is -2.04. The minimum absolute atomic E-state index is 0.256. The second kappa shape index (κ2) is 6.25. The van der Waals surface area contributed by atoms with E-state index < -0.39 is 0 Å². The summed E-state index contributed by atoms with van der Waals surface area (Å²) in [6, 6.07) is 14.6. The zero-order valence-electron chi connectivity index (χ0n) is 11.6. The Balaban J connectivity index is 2.24. The number of rotatable bonds is 2. The van der Waals surface area contributed by atoms with Gasteiger partial charge in [-0.2, -0.15) is 10.4 Å². The molecule has 1 aromatic heterocycles. The first-order valence-corrected chi connectivity index (χ1v) is 8.06. The maximum absolute atomic E-state index is 9.46. The zero-order chi connectivity index (χ0) is 16.6. The van der Waals surface area contributed by atoms with Crippen molar-refractivity contribution in [3.8, 4) is 23.0 Å². The monoisotopic (exact) mass is 406 g/mol. The maximum atomic E-state index is 9.46. The van der Waals surface area contributed by atoms with Gasteiger partial charge in [-0.15, -0.1) is 0 Å². The van der Waals surface area contributed by atoms with E-state index in [2.05, 4.69) is 27.1 Å². The molecule has 7 heteroatoms. The average molecular weight is 408 g/mol. The first-order chi connectivity index (χ1) is 11.0. The van der Waals surface area contributed by atoms with Crippen LogP contribution in [0.15, 0.2) is 46.9 Å². The number of hydrogen-bond donors (Lipinski definition) is 1. The van der Waals surface area contributed by atoms with E-state index in [1.165, 1.54) is 4.68 Å². The summed E-state index contributed by atoms with van der Waals surface area (Å²) in [5, 5.41) is 14.9. The molecule has 3 aromatic rings. The number of nitrogens with zero attached hydrogens (tertiary/aromatic N) is 3. The van der Waals surface area contributed by atoms with Crippen LogP contribution in [0.2, 0.25) is 10.0 Å². The smallest absolute Gasteiger partial charge is 0.145 e. The van der Waals surface area contributed by atoms with Gasteiger partial charge in [-0.1, -0.05) is 45.2 Å². The number of anilines is 1. The molecule has 2 aromatic carbocycles. The fraction of sp³-hybridized carbons (Fsp3) is 0. The van der Waals surface area contributed by atoms with E-state index in [9.17, 15) is 5.26 Å². The van der Waals surface area contributed by atoms with Crippen molar-refractivity contribution >= 4 is 44.9 Å². The van der Waals surface area contributed by atoms with E-state index >= 15 is 0 Å². The van der Waals surface area contributed by atoms with Gasteiger partial charge in [-0.3, -0.25) is 0 Å². The summed E-state index contributed by atoms with van der Waals surface area (Å²) < 4.78 is 2.40. The molecule has 2 N–H and O–H groups in total. The minimum Gasteiger partial charge on any atom is -0.382 e. The summed E-state index contributed by atoms with van der Waals surface area (Å²) >= 11 is 15.6. The Hall–Kier alpha value is -2.00. The summed E-state index contributed by atoms with van der Waals surface area (Å²) in [6.07, 6.45) is 0. The highest BCUT2D eigenvalue weighted by Crippen LogP contribution is 2.34. The summed E-state index contributed by atoms with van der Waals surface area (Å²) in [5.74, 6) is 0.256. The van der Waals surface area contributed by atoms with E-state index in [1.807, 2.05) is 24.3 Å². The Morgan fingerprint density at radius 2 is 1.96 bits per heavy atom. The SMILES string of the molecule is N#Cc1c(-c2ccc(Cl)cc2Cl)nn(-c2cccc(Br)c2)c1N. The Morgan fingerprint density at radius 1 is 1.17 bits per heavy atom. The van der Waals surface area contributed by atoms with Crippen molar-refractivity contribution in [3.05, 3.63) is 62.5 Å². The maximum Gasteiger partial charge on any atom is 0.145 e. The van der Waals surface area contributed by atoms with Crippen molar-refractivity contribution in [1.29, 1.82) is 5.26 Å². The molecule has 0 amide bonds. The van der Waals surface area contributed by atoms with Gasteiger partial charge in [-0.25, -0.2) is 4.68 Å². The van der Waals surface area contributed by atoms with Gasteiger partial charge in [0.1, 0.15) is 23.1 Å². The molecule has 0 aliphatic carbocycles. The lowest BCUT2D eigenvalue weighted by Crippen LogP contribution is -2.02. The van der Waals surface area contributed by atoms with Gasteiger partial charge in [0.25, 0.3) is 0 Å². The molecule has 0 aliphatic rings. The molecule has 0 unspecified atom stereocenters. The zero-order valence-corrected chi connectivity index (χ0v) is 14.7. The first kappa shape index (κ1) is 15.9. The lowest BCUT2D eigenvalue weighted by atomic mass is 10.1. The van der Waals surface area contributed by atoms with Crippen molar-refractivity contribution in [3.63, 3.8) is 0 Å². The van der Waals surface area contributed by atoms with E-state index in [0.29, 0.717) is 21.3 Å². The van der Waals surface area contributed by atoms with E-state index in [0.717, 1.165) is 10.2 Å². The van der Waals surface area contributed by atoms with Gasteiger partial charge in [0.15, 0.2) is 0 Å². The van der Waals surface area contributed by atoms with E-state index in [-0.39, 0.29) is 11.4 Å². The van der Waals surface area contributed by atoms with Crippen LogP contribution >= 0.6 is 39.1 Å². The van der Waals surface area contributed by atoms with Crippen LogP contribution in [0.3, 0.4) is 0 Å². The Bertz CT molecular complexity index is 944. The summed E-state index contributed by atoms with van der Waals surface area (Å²) in [7, 11) is 0. The molecule has 0 aliphatic heterocycles. The predicted molar refractivity (Wildman–Crippen MR) is 95.8 cm³/mol. The van der Waals surface area contributed by atoms with Gasteiger partial charge in [0.05, 0.1) is 10.7 Å². The van der Waals surface area contributed by atoms with Crippen LogP contribution in [0.25, 0.3) is 16.9 Å². The van der Waals surface area contributed by atoms with E-state index in [1.54, 1.807) is 18.2 Å². The number of benzene rings is 2. The number of nitrogen functional groups attached to an aromatic ring is 1.